The van der Waals surface area contributed by atoms with Crippen LogP contribution in [0.4, 0.5) is 0 Å². The largest absolute Gasteiger partial charge is 0.381 e. The van der Waals surface area contributed by atoms with Crippen LogP contribution in [-0.4, -0.2) is 34.8 Å². The van der Waals surface area contributed by atoms with Crippen molar-refractivity contribution in [1.29, 1.82) is 0 Å². The van der Waals surface area contributed by atoms with Gasteiger partial charge in [0.1, 0.15) is 0 Å². The molecule has 0 bridgehead atoms. The van der Waals surface area contributed by atoms with Crippen LogP contribution in [0.2, 0.25) is 0 Å². The Labute approximate surface area is 65.0 Å². The molecule has 0 aromatic carbocycles. The number of hydrogen-bond donors (Lipinski definition) is 1. The molecule has 0 aromatic rings. The van der Waals surface area contributed by atoms with Gasteiger partial charge in [-0.15, -0.1) is 0 Å². The average Bonchev–Trinajstić information content (AvgIpc) is 2.05. The molecule has 0 spiro atoms. The number of nitrogens with zero attached hydrogens (tertiary/aromatic N) is 1. The van der Waals surface area contributed by atoms with Crippen LogP contribution in [0.3, 0.4) is 0 Å². The van der Waals surface area contributed by atoms with Gasteiger partial charge in [-0.1, -0.05) is 0 Å². The molecule has 0 aromatic heterocycles. The number of hydrogen-bond acceptors (Lipinski definition) is 2. The van der Waals surface area contributed by atoms with E-state index < -0.39 is 0 Å². The number of thiol groups is 1. The monoisotopic (exact) mass is 163 g/mol. The normalized spacial score (nSPS) is 23.3. The number of methoxy groups -OCH3 is 1. The van der Waals surface area contributed by atoms with Crippen molar-refractivity contribution in [3.8, 4) is 0 Å². The van der Waals surface area contributed by atoms with Gasteiger partial charge in [-0.05, 0) is 12.8 Å². The maximum Gasteiger partial charge on any atom is 0.0808 e. The van der Waals surface area contributed by atoms with Crippen LogP contribution in [0.1, 0.15) is 12.8 Å². The molecule has 0 N–H and O–H groups in total. The summed E-state index contributed by atoms with van der Waals surface area (Å²) < 4.78 is 17.4. The molecule has 0 amide bonds. The van der Waals surface area contributed by atoms with Gasteiger partial charge in [-0.3, -0.25) is 0 Å². The Morgan fingerprint density at radius 3 is 2.50 bits per heavy atom. The second kappa shape index (κ2) is 4.05. The maximum atomic E-state index is 10.3. The quantitative estimate of drug-likeness (QED) is 0.579. The van der Waals surface area contributed by atoms with Gasteiger partial charge in [0.25, 0.3) is 0 Å². The summed E-state index contributed by atoms with van der Waals surface area (Å²) >= 11 is 0.156. The van der Waals surface area contributed by atoms with Crippen LogP contribution < -0.4 is 0 Å². The van der Waals surface area contributed by atoms with E-state index in [1.165, 1.54) is 0 Å². The Morgan fingerprint density at radius 1 is 1.50 bits per heavy atom. The molecule has 60 valence electrons. The van der Waals surface area contributed by atoms with E-state index in [4.69, 9.17) is 4.74 Å². The van der Waals surface area contributed by atoms with Crippen LogP contribution in [-0.2, 0) is 16.6 Å². The smallest absolute Gasteiger partial charge is 0.0808 e. The molecule has 0 saturated carbocycles. The first-order valence-corrected chi connectivity index (χ1v) is 4.24. The van der Waals surface area contributed by atoms with E-state index in [-0.39, 0.29) is 11.9 Å². The molecule has 0 aliphatic carbocycles. The van der Waals surface area contributed by atoms with Gasteiger partial charge < -0.3 is 4.74 Å². The highest BCUT2D eigenvalue weighted by Gasteiger charge is 2.17. The summed E-state index contributed by atoms with van der Waals surface area (Å²) in [6, 6.07) is 0. The van der Waals surface area contributed by atoms with E-state index in [0.29, 0.717) is 6.10 Å². The summed E-state index contributed by atoms with van der Waals surface area (Å²) in [5.41, 5.74) is 0. The lowest BCUT2D eigenvalue weighted by Gasteiger charge is -2.26. The third kappa shape index (κ3) is 2.04. The minimum Gasteiger partial charge on any atom is -0.381 e. The van der Waals surface area contributed by atoms with E-state index >= 15 is 0 Å². The summed E-state index contributed by atoms with van der Waals surface area (Å²) in [7, 11) is 1.73. The van der Waals surface area contributed by atoms with Crippen molar-refractivity contribution >= 4 is 11.9 Å². The van der Waals surface area contributed by atoms with Crippen LogP contribution in [0.5, 0.6) is 0 Å². The first-order valence-electron chi connectivity index (χ1n) is 3.48. The molecule has 1 aliphatic heterocycles. The summed E-state index contributed by atoms with van der Waals surface area (Å²) in [6.45, 7) is 1.78. The second-order valence-corrected chi connectivity index (χ2v) is 3.20. The standard InChI is InChI=1S/C6H13NO2S/c1-9-6-2-4-7(10-8)5-3-6/h6,10H,2-5H2,1H3. The van der Waals surface area contributed by atoms with Crippen molar-refractivity contribution in [3.05, 3.63) is 0 Å². The van der Waals surface area contributed by atoms with Crippen LogP contribution in [0.15, 0.2) is 0 Å². The summed E-state index contributed by atoms with van der Waals surface area (Å²) in [5.74, 6) is 0. The zero-order valence-corrected chi connectivity index (χ0v) is 7.01. The van der Waals surface area contributed by atoms with E-state index in [0.717, 1.165) is 25.9 Å². The Balaban J connectivity index is 2.23. The molecular weight excluding hydrogens is 150 g/mol. The average molecular weight is 163 g/mol. The van der Waals surface area contributed by atoms with Gasteiger partial charge in [0.2, 0.25) is 0 Å². The molecule has 0 atom stereocenters. The fraction of sp³-hybridized carbons (Fsp3) is 1.00. The highest BCUT2D eigenvalue weighted by atomic mass is 32.2. The SMILES string of the molecule is COC1CCN([SH]=O)CC1. The highest BCUT2D eigenvalue weighted by Crippen LogP contribution is 2.11. The molecule has 10 heavy (non-hydrogen) atoms. The molecule has 3 nitrogen and oxygen atoms in total. The third-order valence-electron chi connectivity index (χ3n) is 1.87. The van der Waals surface area contributed by atoms with Crippen molar-refractivity contribution < 1.29 is 8.95 Å². The first kappa shape index (κ1) is 8.17. The summed E-state index contributed by atoms with van der Waals surface area (Å²) in [5, 5.41) is 0. The molecule has 1 heterocycles. The zero-order chi connectivity index (χ0) is 7.40. The van der Waals surface area contributed by atoms with Gasteiger partial charge in [-0.2, -0.15) is 0 Å². The number of piperidine rings is 1. The first-order chi connectivity index (χ1) is 4.86. The summed E-state index contributed by atoms with van der Waals surface area (Å²) in [6.07, 6.45) is 2.40. The van der Waals surface area contributed by atoms with Crippen molar-refractivity contribution in [2.45, 2.75) is 18.9 Å². The Hall–Kier alpha value is 0.0700. The van der Waals surface area contributed by atoms with E-state index in [1.54, 1.807) is 7.11 Å². The van der Waals surface area contributed by atoms with Crippen LogP contribution in [0, 0.1) is 0 Å². The third-order valence-corrected chi connectivity index (χ3v) is 2.50. The highest BCUT2D eigenvalue weighted by molar-refractivity contribution is 7.62. The molecule has 0 radical (unpaired) electrons. The van der Waals surface area contributed by atoms with Crippen molar-refractivity contribution in [3.63, 3.8) is 0 Å². The molecule has 4 heteroatoms. The van der Waals surface area contributed by atoms with Gasteiger partial charge in [0, 0.05) is 20.2 Å². The maximum absolute atomic E-state index is 10.3. The van der Waals surface area contributed by atoms with Gasteiger partial charge in [0.05, 0.1) is 18.0 Å². The fourth-order valence-electron chi connectivity index (χ4n) is 1.16. The van der Waals surface area contributed by atoms with Crippen molar-refractivity contribution in [2.24, 2.45) is 0 Å². The minimum atomic E-state index is 0.156. The van der Waals surface area contributed by atoms with Crippen molar-refractivity contribution in [2.75, 3.05) is 20.2 Å². The Morgan fingerprint density at radius 2 is 2.10 bits per heavy atom. The predicted molar refractivity (Wildman–Crippen MR) is 41.1 cm³/mol. The molecule has 0 unspecified atom stereocenters. The van der Waals surface area contributed by atoms with Gasteiger partial charge >= 0.3 is 0 Å². The lowest BCUT2D eigenvalue weighted by molar-refractivity contribution is 0.0619. The Bertz CT molecular complexity index is 112. The summed E-state index contributed by atoms with van der Waals surface area (Å²) in [4.78, 5) is 0. The van der Waals surface area contributed by atoms with Gasteiger partial charge in [0.15, 0.2) is 0 Å². The van der Waals surface area contributed by atoms with Gasteiger partial charge in [-0.25, -0.2) is 8.51 Å². The topological polar surface area (TPSA) is 29.5 Å². The fourth-order valence-corrected chi connectivity index (χ4v) is 1.55. The van der Waals surface area contributed by atoms with E-state index in [9.17, 15) is 4.21 Å². The Kier molecular flexibility index (Phi) is 3.31. The predicted octanol–water partition coefficient (Wildman–Crippen LogP) is -0.0425. The zero-order valence-electron chi connectivity index (χ0n) is 6.12. The second-order valence-electron chi connectivity index (χ2n) is 2.47. The van der Waals surface area contributed by atoms with Crippen molar-refractivity contribution in [1.82, 2.24) is 4.31 Å². The molecule has 1 saturated heterocycles. The number of ether oxygens (including phenoxy) is 1. The molecule has 1 fully saturated rings. The minimum absolute atomic E-state index is 0.156. The van der Waals surface area contributed by atoms with E-state index in [2.05, 4.69) is 0 Å². The lowest BCUT2D eigenvalue weighted by Crippen LogP contribution is -2.33. The number of rotatable bonds is 2. The van der Waals surface area contributed by atoms with Crippen LogP contribution in [0.25, 0.3) is 0 Å². The molecule has 1 aliphatic rings. The van der Waals surface area contributed by atoms with E-state index in [1.807, 2.05) is 4.31 Å². The molecule has 1 rings (SSSR count). The molecular formula is C6H13NO2S. The van der Waals surface area contributed by atoms with Crippen LogP contribution >= 0.6 is 0 Å². The lowest BCUT2D eigenvalue weighted by atomic mass is 10.1.